The summed E-state index contributed by atoms with van der Waals surface area (Å²) in [6.07, 6.45) is 1.39. The van der Waals surface area contributed by atoms with Crippen molar-refractivity contribution in [3.63, 3.8) is 0 Å². The Kier molecular flexibility index (Phi) is 5.36. The van der Waals surface area contributed by atoms with Gasteiger partial charge in [-0.2, -0.15) is 0 Å². The van der Waals surface area contributed by atoms with Gasteiger partial charge in [0.15, 0.2) is 0 Å². The summed E-state index contributed by atoms with van der Waals surface area (Å²) in [5.74, 6) is -3.61. The van der Waals surface area contributed by atoms with Crippen molar-refractivity contribution in [3.05, 3.63) is 69.1 Å². The van der Waals surface area contributed by atoms with Crippen LogP contribution in [0.15, 0.2) is 41.3 Å². The first-order valence-electron chi connectivity index (χ1n) is 10.3. The molecular formula is C23H24F2N4O3. The van der Waals surface area contributed by atoms with Crippen LogP contribution in [0.25, 0.3) is 5.65 Å². The zero-order chi connectivity index (χ0) is 23.2. The number of aromatic carboxylic acids is 1. The minimum absolute atomic E-state index is 0.122. The molecule has 3 aromatic rings. The highest BCUT2D eigenvalue weighted by atomic mass is 19.3. The second kappa shape index (κ2) is 7.89. The van der Waals surface area contributed by atoms with E-state index in [4.69, 9.17) is 0 Å². The van der Waals surface area contributed by atoms with Crippen molar-refractivity contribution in [2.24, 2.45) is 0 Å². The molecule has 1 fully saturated rings. The molecule has 7 nitrogen and oxygen atoms in total. The Balaban J connectivity index is 1.83. The number of fused-ring (bicyclic) bond motifs is 1. The number of aryl methyl sites for hydroxylation is 1. The maximum Gasteiger partial charge on any atom is 0.337 e. The first kappa shape index (κ1) is 21.7. The molecule has 32 heavy (non-hydrogen) atoms. The van der Waals surface area contributed by atoms with Crippen LogP contribution in [0.1, 0.15) is 46.4 Å². The number of anilines is 2. The first-order chi connectivity index (χ1) is 15.1. The van der Waals surface area contributed by atoms with Crippen molar-refractivity contribution in [3.8, 4) is 0 Å². The molecule has 0 radical (unpaired) electrons. The smallest absolute Gasteiger partial charge is 0.337 e. The molecule has 0 spiro atoms. The monoisotopic (exact) mass is 442 g/mol. The largest absolute Gasteiger partial charge is 0.478 e. The van der Waals surface area contributed by atoms with Crippen LogP contribution in [-0.2, 0) is 0 Å². The molecular weight excluding hydrogens is 418 g/mol. The van der Waals surface area contributed by atoms with Gasteiger partial charge in [-0.25, -0.2) is 18.6 Å². The Labute approximate surface area is 183 Å². The summed E-state index contributed by atoms with van der Waals surface area (Å²) in [5.41, 5.74) is 2.38. The lowest BCUT2D eigenvalue weighted by Crippen LogP contribution is -2.30. The lowest BCUT2D eigenvalue weighted by molar-refractivity contribution is 0.0256. The number of hydrogen-bond donors (Lipinski definition) is 2. The highest BCUT2D eigenvalue weighted by Crippen LogP contribution is 2.32. The third kappa shape index (κ3) is 3.90. The van der Waals surface area contributed by atoms with Gasteiger partial charge in [0.2, 0.25) is 0 Å². The van der Waals surface area contributed by atoms with Gasteiger partial charge < -0.3 is 15.3 Å². The van der Waals surface area contributed by atoms with Crippen LogP contribution < -0.4 is 15.8 Å². The van der Waals surface area contributed by atoms with Gasteiger partial charge in [0, 0.05) is 30.4 Å². The number of aromatic nitrogens is 2. The lowest BCUT2D eigenvalue weighted by atomic mass is 10.1. The topological polar surface area (TPSA) is 86.9 Å². The number of halogens is 2. The molecule has 0 unspecified atom stereocenters. The number of benzene rings is 1. The van der Waals surface area contributed by atoms with E-state index in [1.165, 1.54) is 15.4 Å². The molecule has 1 aliphatic rings. The summed E-state index contributed by atoms with van der Waals surface area (Å²) in [4.78, 5) is 30.8. The van der Waals surface area contributed by atoms with E-state index in [2.05, 4.69) is 10.3 Å². The fourth-order valence-electron chi connectivity index (χ4n) is 4.13. The fraction of sp³-hybridized carbons (Fsp3) is 0.348. The van der Waals surface area contributed by atoms with Crippen LogP contribution >= 0.6 is 0 Å². The van der Waals surface area contributed by atoms with Gasteiger partial charge >= 0.3 is 5.97 Å². The fourth-order valence-corrected chi connectivity index (χ4v) is 4.13. The van der Waals surface area contributed by atoms with Crippen molar-refractivity contribution in [1.82, 2.24) is 9.38 Å². The second-order valence-electron chi connectivity index (χ2n) is 8.28. The quantitative estimate of drug-likeness (QED) is 0.621. The molecule has 0 amide bonds. The maximum atomic E-state index is 13.8. The van der Waals surface area contributed by atoms with Crippen LogP contribution in [-0.4, -0.2) is 39.5 Å². The third-order valence-corrected chi connectivity index (χ3v) is 5.75. The van der Waals surface area contributed by atoms with E-state index < -0.39 is 24.5 Å². The van der Waals surface area contributed by atoms with E-state index in [1.807, 2.05) is 19.9 Å². The molecule has 168 valence electrons. The van der Waals surface area contributed by atoms with E-state index in [0.717, 1.165) is 5.56 Å². The zero-order valence-electron chi connectivity index (χ0n) is 18.0. The van der Waals surface area contributed by atoms with Crippen molar-refractivity contribution in [1.29, 1.82) is 0 Å². The van der Waals surface area contributed by atoms with E-state index in [9.17, 15) is 23.5 Å². The van der Waals surface area contributed by atoms with Gasteiger partial charge in [-0.3, -0.25) is 9.20 Å². The number of nitrogens with zero attached hydrogens (tertiary/aromatic N) is 3. The second-order valence-corrected chi connectivity index (χ2v) is 8.28. The number of carbonyl (C=O) groups is 1. The standard InChI is InChI=1S/C23H24F2N4O3/c1-13-10-17(15(3)26-18-7-5-4-6-16(18)22(31)32)20-27-19(14(2)21(30)29(20)11-13)28-9-8-23(24,25)12-28/h4-7,10-11,15,26H,8-9,12H2,1-3H3,(H,31,32)/t15-/m1/s1. The SMILES string of the molecule is Cc1cc([C@@H](C)Nc2ccccc2C(=O)O)c2nc(N3CCC(F)(F)C3)c(C)c(=O)n2c1. The summed E-state index contributed by atoms with van der Waals surface area (Å²) in [7, 11) is 0. The number of rotatable bonds is 5. The van der Waals surface area contributed by atoms with Crippen LogP contribution in [0, 0.1) is 13.8 Å². The minimum Gasteiger partial charge on any atom is -0.478 e. The van der Waals surface area contributed by atoms with Crippen LogP contribution in [0.2, 0.25) is 0 Å². The Morgan fingerprint density at radius 2 is 2.00 bits per heavy atom. The van der Waals surface area contributed by atoms with Gasteiger partial charge in [0.05, 0.1) is 23.7 Å². The number of para-hydroxylation sites is 1. The van der Waals surface area contributed by atoms with E-state index in [0.29, 0.717) is 22.5 Å². The van der Waals surface area contributed by atoms with Gasteiger partial charge in [-0.05, 0) is 44.5 Å². The number of nitrogens with one attached hydrogen (secondary N) is 1. The number of carboxylic acids is 1. The Hall–Kier alpha value is -3.49. The Morgan fingerprint density at radius 1 is 1.28 bits per heavy atom. The molecule has 9 heteroatoms. The highest BCUT2D eigenvalue weighted by Gasteiger charge is 2.39. The van der Waals surface area contributed by atoms with E-state index >= 15 is 0 Å². The summed E-state index contributed by atoms with van der Waals surface area (Å²) >= 11 is 0. The number of pyridine rings is 1. The molecule has 3 heterocycles. The number of carboxylic acid groups (broad SMARTS) is 1. The number of hydrogen-bond acceptors (Lipinski definition) is 5. The molecule has 1 atom stereocenters. The molecule has 2 aromatic heterocycles. The summed E-state index contributed by atoms with van der Waals surface area (Å²) in [5, 5.41) is 12.7. The Bertz CT molecular complexity index is 1270. The molecule has 1 aromatic carbocycles. The van der Waals surface area contributed by atoms with Crippen molar-refractivity contribution in [2.45, 2.75) is 39.2 Å². The molecule has 1 saturated heterocycles. The summed E-state index contributed by atoms with van der Waals surface area (Å²) in [6.45, 7) is 4.93. The first-order valence-corrected chi connectivity index (χ1v) is 10.3. The normalized spacial score (nSPS) is 16.3. The molecule has 4 rings (SSSR count). The minimum atomic E-state index is -2.81. The number of alkyl halides is 2. The predicted molar refractivity (Wildman–Crippen MR) is 118 cm³/mol. The van der Waals surface area contributed by atoms with E-state index in [1.54, 1.807) is 31.3 Å². The van der Waals surface area contributed by atoms with Crippen molar-refractivity contribution < 1.29 is 18.7 Å². The molecule has 2 N–H and O–H groups in total. The van der Waals surface area contributed by atoms with Crippen molar-refractivity contribution in [2.75, 3.05) is 23.3 Å². The van der Waals surface area contributed by atoms with Crippen LogP contribution in [0.5, 0.6) is 0 Å². The zero-order valence-corrected chi connectivity index (χ0v) is 18.0. The molecule has 0 bridgehead atoms. The summed E-state index contributed by atoms with van der Waals surface area (Å²) < 4.78 is 29.1. The van der Waals surface area contributed by atoms with E-state index in [-0.39, 0.29) is 29.9 Å². The highest BCUT2D eigenvalue weighted by molar-refractivity contribution is 5.94. The van der Waals surface area contributed by atoms with Gasteiger partial charge in [-0.15, -0.1) is 0 Å². The van der Waals surface area contributed by atoms with Gasteiger partial charge in [0.25, 0.3) is 11.5 Å². The van der Waals surface area contributed by atoms with Crippen LogP contribution in [0.4, 0.5) is 20.3 Å². The predicted octanol–water partition coefficient (Wildman–Crippen LogP) is 4.03. The molecule has 1 aliphatic heterocycles. The Morgan fingerprint density at radius 3 is 2.66 bits per heavy atom. The van der Waals surface area contributed by atoms with Gasteiger partial charge in [-0.1, -0.05) is 12.1 Å². The maximum absolute atomic E-state index is 13.8. The van der Waals surface area contributed by atoms with Gasteiger partial charge in [0.1, 0.15) is 11.5 Å². The van der Waals surface area contributed by atoms with Crippen molar-refractivity contribution >= 4 is 23.1 Å². The third-order valence-electron chi connectivity index (χ3n) is 5.75. The molecule has 0 saturated carbocycles. The lowest BCUT2D eigenvalue weighted by Gasteiger charge is -2.23. The van der Waals surface area contributed by atoms with Crippen LogP contribution in [0.3, 0.4) is 0 Å². The average Bonchev–Trinajstić information content (AvgIpc) is 3.10. The average molecular weight is 442 g/mol. The summed E-state index contributed by atoms with van der Waals surface area (Å²) in [6, 6.07) is 7.99. The molecule has 0 aliphatic carbocycles.